The lowest BCUT2D eigenvalue weighted by Crippen LogP contribution is -2.27. The fraction of sp³-hybridized carbons (Fsp3) is 0.895. The van der Waals surface area contributed by atoms with Crippen LogP contribution in [0.1, 0.15) is 206 Å². The SMILES string of the molecule is CCCCCCCCCCCCCCCCCCCCCCCCCCCCCC(CC1CC=CC(=O)O1)OC(C)=O. The average Bonchev–Trinajstić information content (AvgIpc) is 2.96. The first-order chi connectivity index (χ1) is 20.6. The molecule has 0 N–H and O–H groups in total. The molecule has 0 aromatic rings. The van der Waals surface area contributed by atoms with Gasteiger partial charge in [0.25, 0.3) is 0 Å². The van der Waals surface area contributed by atoms with E-state index in [0.717, 1.165) is 12.8 Å². The van der Waals surface area contributed by atoms with Gasteiger partial charge in [0.05, 0.1) is 0 Å². The van der Waals surface area contributed by atoms with Crippen LogP contribution in [0.5, 0.6) is 0 Å². The highest BCUT2D eigenvalue weighted by Crippen LogP contribution is 2.20. The summed E-state index contributed by atoms with van der Waals surface area (Å²) in [4.78, 5) is 22.9. The standard InChI is InChI=1S/C38H70O4/c1-3-4-5-6-7-8-9-10-11-12-13-14-15-16-17-18-19-20-21-22-23-24-25-26-27-28-29-31-36(41-35(2)39)34-37-32-30-33-38(40)42-37/h30,33,36-37H,3-29,31-32,34H2,1-2H3. The molecule has 4 heteroatoms. The number of rotatable bonds is 31. The summed E-state index contributed by atoms with van der Waals surface area (Å²) in [6.45, 7) is 3.76. The summed E-state index contributed by atoms with van der Waals surface area (Å²) in [7, 11) is 0. The Hall–Kier alpha value is -1.32. The van der Waals surface area contributed by atoms with Crippen LogP contribution in [0.3, 0.4) is 0 Å². The average molecular weight is 591 g/mol. The van der Waals surface area contributed by atoms with Crippen LogP contribution < -0.4 is 0 Å². The van der Waals surface area contributed by atoms with Crippen LogP contribution in [0.25, 0.3) is 0 Å². The molecule has 42 heavy (non-hydrogen) atoms. The van der Waals surface area contributed by atoms with Crippen LogP contribution >= 0.6 is 0 Å². The van der Waals surface area contributed by atoms with Gasteiger partial charge in [-0.05, 0) is 12.8 Å². The zero-order valence-corrected chi connectivity index (χ0v) is 28.2. The molecule has 0 bridgehead atoms. The molecule has 0 saturated carbocycles. The molecule has 0 aromatic carbocycles. The third-order valence-electron chi connectivity index (χ3n) is 8.92. The van der Waals surface area contributed by atoms with Gasteiger partial charge in [0.15, 0.2) is 0 Å². The molecule has 0 amide bonds. The number of esters is 2. The Morgan fingerprint density at radius 2 is 1.02 bits per heavy atom. The maximum atomic E-state index is 11.5. The fourth-order valence-corrected chi connectivity index (χ4v) is 6.33. The second kappa shape index (κ2) is 29.7. The number of cyclic esters (lactones) is 1. The predicted octanol–water partition coefficient (Wildman–Crippen LogP) is 12.1. The van der Waals surface area contributed by atoms with Crippen molar-refractivity contribution < 1.29 is 19.1 Å². The van der Waals surface area contributed by atoms with Gasteiger partial charge in [0, 0.05) is 25.8 Å². The Morgan fingerprint density at radius 3 is 1.36 bits per heavy atom. The van der Waals surface area contributed by atoms with Gasteiger partial charge in [-0.15, -0.1) is 0 Å². The molecule has 2 atom stereocenters. The quantitative estimate of drug-likeness (QED) is 0.0595. The zero-order chi connectivity index (χ0) is 30.4. The first-order valence-corrected chi connectivity index (χ1v) is 18.7. The lowest BCUT2D eigenvalue weighted by atomic mass is 10.0. The van der Waals surface area contributed by atoms with Crippen molar-refractivity contribution in [3.63, 3.8) is 0 Å². The molecule has 4 nitrogen and oxygen atoms in total. The van der Waals surface area contributed by atoms with Gasteiger partial charge in [-0.3, -0.25) is 4.79 Å². The summed E-state index contributed by atoms with van der Waals surface area (Å²) >= 11 is 0. The summed E-state index contributed by atoms with van der Waals surface area (Å²) in [6, 6.07) is 0. The van der Waals surface area contributed by atoms with Crippen molar-refractivity contribution in [2.24, 2.45) is 0 Å². The third kappa shape index (κ3) is 26.3. The molecule has 1 rings (SSSR count). The Labute approximate surface area is 261 Å². The first kappa shape index (κ1) is 38.7. The van der Waals surface area contributed by atoms with Crippen molar-refractivity contribution in [2.45, 2.75) is 219 Å². The largest absolute Gasteiger partial charge is 0.462 e. The number of hydrogen-bond acceptors (Lipinski definition) is 4. The molecule has 1 aliphatic rings. The second-order valence-electron chi connectivity index (χ2n) is 13.1. The van der Waals surface area contributed by atoms with Crippen molar-refractivity contribution in [3.8, 4) is 0 Å². The minimum absolute atomic E-state index is 0.147. The van der Waals surface area contributed by atoms with E-state index in [9.17, 15) is 9.59 Å². The zero-order valence-electron chi connectivity index (χ0n) is 28.2. The summed E-state index contributed by atoms with van der Waals surface area (Å²) in [5.74, 6) is -0.536. The maximum Gasteiger partial charge on any atom is 0.330 e. The van der Waals surface area contributed by atoms with Crippen LogP contribution in [-0.2, 0) is 19.1 Å². The smallest absolute Gasteiger partial charge is 0.330 e. The minimum atomic E-state index is -0.289. The van der Waals surface area contributed by atoms with Gasteiger partial charge in [-0.25, -0.2) is 4.79 Å². The molecular formula is C38H70O4. The first-order valence-electron chi connectivity index (χ1n) is 18.7. The van der Waals surface area contributed by atoms with Crippen molar-refractivity contribution in [2.75, 3.05) is 0 Å². The van der Waals surface area contributed by atoms with Crippen molar-refractivity contribution >= 4 is 11.9 Å². The van der Waals surface area contributed by atoms with E-state index in [2.05, 4.69) is 6.92 Å². The summed E-state index contributed by atoms with van der Waals surface area (Å²) in [5.41, 5.74) is 0. The van der Waals surface area contributed by atoms with Crippen molar-refractivity contribution in [1.29, 1.82) is 0 Å². The van der Waals surface area contributed by atoms with Crippen molar-refractivity contribution in [3.05, 3.63) is 12.2 Å². The number of ether oxygens (including phenoxy) is 2. The molecule has 246 valence electrons. The summed E-state index contributed by atoms with van der Waals surface area (Å²) in [6.07, 6.45) is 43.0. The highest BCUT2D eigenvalue weighted by Gasteiger charge is 2.22. The molecule has 0 radical (unpaired) electrons. The molecule has 0 aromatic heterocycles. The van der Waals surface area contributed by atoms with Crippen molar-refractivity contribution in [1.82, 2.24) is 0 Å². The Kier molecular flexibility index (Phi) is 27.4. The topological polar surface area (TPSA) is 52.6 Å². The Balaban J connectivity index is 1.77. The van der Waals surface area contributed by atoms with E-state index in [-0.39, 0.29) is 24.1 Å². The molecule has 0 saturated heterocycles. The monoisotopic (exact) mass is 591 g/mol. The van der Waals surface area contributed by atoms with Gasteiger partial charge in [0.2, 0.25) is 0 Å². The Morgan fingerprint density at radius 1 is 0.667 bits per heavy atom. The molecule has 0 aliphatic carbocycles. The molecule has 1 heterocycles. The summed E-state index contributed by atoms with van der Waals surface area (Å²) < 4.78 is 10.8. The lowest BCUT2D eigenvalue weighted by molar-refractivity contribution is -0.152. The summed E-state index contributed by atoms with van der Waals surface area (Å²) in [5, 5.41) is 0. The highest BCUT2D eigenvalue weighted by atomic mass is 16.6. The molecule has 0 spiro atoms. The van der Waals surface area contributed by atoms with Gasteiger partial charge >= 0.3 is 11.9 Å². The minimum Gasteiger partial charge on any atom is -0.462 e. The van der Waals surface area contributed by atoms with Gasteiger partial charge < -0.3 is 9.47 Å². The molecule has 2 unspecified atom stereocenters. The molecule has 1 aliphatic heterocycles. The number of hydrogen-bond donors (Lipinski definition) is 0. The van der Waals surface area contributed by atoms with Crippen LogP contribution in [-0.4, -0.2) is 24.1 Å². The fourth-order valence-electron chi connectivity index (χ4n) is 6.33. The van der Waals surface area contributed by atoms with E-state index in [1.165, 1.54) is 180 Å². The lowest BCUT2D eigenvalue weighted by Gasteiger charge is -2.24. The van der Waals surface area contributed by atoms with Gasteiger partial charge in [-0.2, -0.15) is 0 Å². The van der Waals surface area contributed by atoms with E-state index in [4.69, 9.17) is 9.47 Å². The van der Waals surface area contributed by atoms with Gasteiger partial charge in [-0.1, -0.05) is 180 Å². The van der Waals surface area contributed by atoms with E-state index >= 15 is 0 Å². The normalized spacial score (nSPS) is 15.6. The number of carbonyl (C=O) groups excluding carboxylic acids is 2. The van der Waals surface area contributed by atoms with Crippen LogP contribution in [0.4, 0.5) is 0 Å². The van der Waals surface area contributed by atoms with E-state index in [0.29, 0.717) is 12.8 Å². The second-order valence-corrected chi connectivity index (χ2v) is 13.1. The number of unbranched alkanes of at least 4 members (excludes halogenated alkanes) is 26. The maximum absolute atomic E-state index is 11.5. The van der Waals surface area contributed by atoms with E-state index in [1.807, 2.05) is 6.08 Å². The molecular weight excluding hydrogens is 520 g/mol. The predicted molar refractivity (Wildman–Crippen MR) is 179 cm³/mol. The van der Waals surface area contributed by atoms with Crippen LogP contribution in [0.15, 0.2) is 12.2 Å². The highest BCUT2D eigenvalue weighted by molar-refractivity contribution is 5.82. The third-order valence-corrected chi connectivity index (χ3v) is 8.92. The Bertz CT molecular complexity index is 643. The van der Waals surface area contributed by atoms with Crippen LogP contribution in [0, 0.1) is 0 Å². The van der Waals surface area contributed by atoms with E-state index < -0.39 is 0 Å². The van der Waals surface area contributed by atoms with Crippen LogP contribution in [0.2, 0.25) is 0 Å². The number of carbonyl (C=O) groups is 2. The molecule has 0 fully saturated rings. The van der Waals surface area contributed by atoms with Gasteiger partial charge in [0.1, 0.15) is 12.2 Å². The van der Waals surface area contributed by atoms with E-state index in [1.54, 1.807) is 0 Å².